The molecule has 2 N–H and O–H groups in total. The summed E-state index contributed by atoms with van der Waals surface area (Å²) in [7, 11) is 0. The van der Waals surface area contributed by atoms with Crippen LogP contribution in [0.2, 0.25) is 0 Å². The highest BCUT2D eigenvalue weighted by Gasteiger charge is 2.20. The summed E-state index contributed by atoms with van der Waals surface area (Å²) in [5.41, 5.74) is 0.661. The number of ether oxygens (including phenoxy) is 1. The van der Waals surface area contributed by atoms with E-state index in [0.29, 0.717) is 32.0 Å². The van der Waals surface area contributed by atoms with Crippen molar-refractivity contribution in [2.45, 2.75) is 106 Å². The Balaban J connectivity index is 0. The van der Waals surface area contributed by atoms with Crippen molar-refractivity contribution >= 4 is 11.7 Å². The second-order valence-electron chi connectivity index (χ2n) is 8.82. The molecule has 198 valence electrons. The Morgan fingerprint density at radius 3 is 2.41 bits per heavy atom. The van der Waals surface area contributed by atoms with Gasteiger partial charge in [-0.25, -0.2) is 4.68 Å². The lowest BCUT2D eigenvalue weighted by Crippen LogP contribution is -2.31. The number of allylic oxidation sites excluding steroid dienone is 1. The fourth-order valence-electron chi connectivity index (χ4n) is 2.53. The number of aliphatic hydroxyl groups excluding tert-OH is 1. The van der Waals surface area contributed by atoms with Crippen LogP contribution in [0.15, 0.2) is 18.3 Å². The van der Waals surface area contributed by atoms with Crippen LogP contribution in [-0.4, -0.2) is 57.2 Å². The number of carbonyl (C=O) groups is 2. The second kappa shape index (κ2) is 21.5. The van der Waals surface area contributed by atoms with Crippen LogP contribution in [-0.2, 0) is 27.3 Å². The first-order valence-electron chi connectivity index (χ1n) is 12.8. The molecule has 1 heterocycles. The average molecular weight is 483 g/mol. The molecule has 0 spiro atoms. The van der Waals surface area contributed by atoms with E-state index in [0.717, 1.165) is 44.4 Å². The molecule has 8 heteroatoms. The number of aromatic nitrogens is 3. The van der Waals surface area contributed by atoms with Gasteiger partial charge in [0.2, 0.25) is 5.91 Å². The Bertz CT molecular complexity index is 668. The first-order chi connectivity index (χ1) is 16.1. The Morgan fingerprint density at radius 1 is 1.21 bits per heavy atom. The van der Waals surface area contributed by atoms with Gasteiger partial charge in [0, 0.05) is 38.5 Å². The minimum absolute atomic E-state index is 0.0493. The molecule has 1 aromatic rings. The van der Waals surface area contributed by atoms with Crippen molar-refractivity contribution < 1.29 is 19.4 Å². The minimum atomic E-state index is -0.281. The van der Waals surface area contributed by atoms with Crippen molar-refractivity contribution in [1.82, 2.24) is 20.3 Å². The summed E-state index contributed by atoms with van der Waals surface area (Å²) in [5, 5.41) is 19.1. The molecule has 0 aromatic carbocycles. The van der Waals surface area contributed by atoms with Crippen molar-refractivity contribution in [3.8, 4) is 0 Å². The van der Waals surface area contributed by atoms with E-state index in [9.17, 15) is 9.59 Å². The fraction of sp³-hybridized carbons (Fsp3) is 0.769. The third kappa shape index (κ3) is 20.5. The number of nitrogens with one attached hydrogen (secondary N) is 1. The number of aryl methyl sites for hydroxylation is 1. The van der Waals surface area contributed by atoms with Crippen LogP contribution in [0.1, 0.15) is 93.2 Å². The van der Waals surface area contributed by atoms with E-state index in [4.69, 9.17) is 9.84 Å². The van der Waals surface area contributed by atoms with Gasteiger partial charge in [-0.05, 0) is 57.9 Å². The SMILES string of the molecule is CC.CCC(=O)/C=C/C(=O)NCCCCc1cn(CC(C)(C)OCCC(C)C)nn1.CCCO. The molecule has 0 saturated carbocycles. The van der Waals surface area contributed by atoms with Gasteiger partial charge in [-0.3, -0.25) is 9.59 Å². The number of aliphatic hydroxyl groups is 1. The summed E-state index contributed by atoms with van der Waals surface area (Å²) in [6, 6.07) is 0. The number of nitrogens with zero attached hydrogens (tertiary/aromatic N) is 3. The number of hydrogen-bond acceptors (Lipinski definition) is 6. The number of rotatable bonds is 15. The monoisotopic (exact) mass is 482 g/mol. The molecule has 0 unspecified atom stereocenters. The second-order valence-corrected chi connectivity index (χ2v) is 8.82. The Labute approximate surface area is 207 Å². The highest BCUT2D eigenvalue weighted by atomic mass is 16.5. The van der Waals surface area contributed by atoms with Crippen LogP contribution in [0.3, 0.4) is 0 Å². The number of carbonyl (C=O) groups excluding carboxylic acids is 2. The molecular formula is C26H50N4O4. The number of ketones is 1. The molecule has 0 aliphatic carbocycles. The number of amides is 1. The Hall–Kier alpha value is -2.06. The third-order valence-electron chi connectivity index (χ3n) is 4.47. The van der Waals surface area contributed by atoms with Crippen LogP contribution in [0.5, 0.6) is 0 Å². The lowest BCUT2D eigenvalue weighted by Gasteiger charge is -2.25. The minimum Gasteiger partial charge on any atom is -0.396 e. The average Bonchev–Trinajstić information content (AvgIpc) is 3.24. The maximum Gasteiger partial charge on any atom is 0.244 e. The molecule has 8 nitrogen and oxygen atoms in total. The first-order valence-corrected chi connectivity index (χ1v) is 12.8. The third-order valence-corrected chi connectivity index (χ3v) is 4.47. The van der Waals surface area contributed by atoms with Gasteiger partial charge in [0.25, 0.3) is 0 Å². The summed E-state index contributed by atoms with van der Waals surface area (Å²) < 4.78 is 7.81. The fourth-order valence-corrected chi connectivity index (χ4v) is 2.53. The molecule has 0 bridgehead atoms. The molecule has 0 saturated heterocycles. The molecule has 0 aliphatic heterocycles. The lowest BCUT2D eigenvalue weighted by molar-refractivity contribution is -0.117. The van der Waals surface area contributed by atoms with Crippen molar-refractivity contribution in [2.75, 3.05) is 19.8 Å². The maximum absolute atomic E-state index is 11.6. The molecule has 0 fully saturated rings. The normalized spacial score (nSPS) is 11.0. The summed E-state index contributed by atoms with van der Waals surface area (Å²) >= 11 is 0. The zero-order chi connectivity index (χ0) is 26.4. The molecule has 0 aliphatic rings. The van der Waals surface area contributed by atoms with Crippen LogP contribution < -0.4 is 5.32 Å². The highest BCUT2D eigenvalue weighted by molar-refractivity contribution is 5.97. The molecule has 1 aromatic heterocycles. The van der Waals surface area contributed by atoms with Gasteiger partial charge in [0.05, 0.1) is 17.8 Å². The molecular weight excluding hydrogens is 432 g/mol. The summed E-state index contributed by atoms with van der Waals surface area (Å²) in [4.78, 5) is 22.7. The zero-order valence-corrected chi connectivity index (χ0v) is 22.9. The van der Waals surface area contributed by atoms with E-state index in [1.165, 1.54) is 12.2 Å². The maximum atomic E-state index is 11.6. The predicted octanol–water partition coefficient (Wildman–Crippen LogP) is 4.51. The summed E-state index contributed by atoms with van der Waals surface area (Å²) in [6.07, 6.45) is 9.48. The van der Waals surface area contributed by atoms with Crippen LogP contribution >= 0.6 is 0 Å². The van der Waals surface area contributed by atoms with Gasteiger partial charge >= 0.3 is 0 Å². The van der Waals surface area contributed by atoms with E-state index in [2.05, 4.69) is 43.3 Å². The topological polar surface area (TPSA) is 106 Å². The Kier molecular flexibility index (Phi) is 21.5. The highest BCUT2D eigenvalue weighted by Crippen LogP contribution is 2.14. The zero-order valence-electron chi connectivity index (χ0n) is 22.9. The van der Waals surface area contributed by atoms with E-state index < -0.39 is 0 Å². The van der Waals surface area contributed by atoms with Crippen molar-refractivity contribution in [3.63, 3.8) is 0 Å². The molecule has 1 rings (SSSR count). The first kappa shape index (κ1) is 34.1. The standard InChI is InChI=1S/C21H36N4O3.C3H8O.C2H6/c1-6-19(26)10-11-20(27)22-13-8-7-9-18-15-25(24-23-18)16-21(4,5)28-14-12-17(2)3;1-2-3-4;1-2/h10-11,15,17H,6-9,12-14,16H2,1-5H3,(H,22,27);4H,2-3H2,1H3;1-2H3/b11-10+;;. The van der Waals surface area contributed by atoms with Gasteiger partial charge in [0.15, 0.2) is 5.78 Å². The van der Waals surface area contributed by atoms with Crippen molar-refractivity contribution in [2.24, 2.45) is 5.92 Å². The van der Waals surface area contributed by atoms with Gasteiger partial charge in [0.1, 0.15) is 0 Å². The van der Waals surface area contributed by atoms with Crippen LogP contribution in [0, 0.1) is 5.92 Å². The lowest BCUT2D eigenvalue weighted by atomic mass is 10.1. The predicted molar refractivity (Wildman–Crippen MR) is 139 cm³/mol. The van der Waals surface area contributed by atoms with Gasteiger partial charge in [-0.15, -0.1) is 5.10 Å². The van der Waals surface area contributed by atoms with Crippen molar-refractivity contribution in [3.05, 3.63) is 24.0 Å². The van der Waals surface area contributed by atoms with Crippen molar-refractivity contribution in [1.29, 1.82) is 0 Å². The Morgan fingerprint density at radius 2 is 1.85 bits per heavy atom. The van der Waals surface area contributed by atoms with Gasteiger partial charge in [-0.1, -0.05) is 46.8 Å². The molecule has 0 radical (unpaired) electrons. The van der Waals surface area contributed by atoms with Crippen LogP contribution in [0.25, 0.3) is 0 Å². The van der Waals surface area contributed by atoms with Gasteiger partial charge < -0.3 is 15.2 Å². The van der Waals surface area contributed by atoms with Crippen LogP contribution in [0.4, 0.5) is 0 Å². The van der Waals surface area contributed by atoms with E-state index >= 15 is 0 Å². The van der Waals surface area contributed by atoms with E-state index in [1.54, 1.807) is 6.92 Å². The summed E-state index contributed by atoms with van der Waals surface area (Å²) in [6.45, 7) is 18.5. The van der Waals surface area contributed by atoms with E-state index in [-0.39, 0.29) is 17.3 Å². The molecule has 34 heavy (non-hydrogen) atoms. The van der Waals surface area contributed by atoms with Gasteiger partial charge in [-0.2, -0.15) is 0 Å². The smallest absolute Gasteiger partial charge is 0.244 e. The largest absolute Gasteiger partial charge is 0.396 e. The van der Waals surface area contributed by atoms with E-state index in [1.807, 2.05) is 31.6 Å². The molecule has 0 atom stereocenters. The number of unbranched alkanes of at least 4 members (excludes halogenated alkanes) is 1. The quantitative estimate of drug-likeness (QED) is 0.281. The number of hydrogen-bond donors (Lipinski definition) is 2. The summed E-state index contributed by atoms with van der Waals surface area (Å²) in [5.74, 6) is 0.354. The molecule has 1 amide bonds.